The summed E-state index contributed by atoms with van der Waals surface area (Å²) in [6.45, 7) is 3.75. The molecule has 1 heterocycles. The molecule has 2 N–H and O–H groups in total. The van der Waals surface area contributed by atoms with E-state index in [0.717, 1.165) is 17.8 Å². The summed E-state index contributed by atoms with van der Waals surface area (Å²) in [6, 6.07) is 4.78. The molecule has 0 fully saturated rings. The summed E-state index contributed by atoms with van der Waals surface area (Å²) in [7, 11) is 1.82. The number of aryl methyl sites for hydroxylation is 3. The Labute approximate surface area is 111 Å². The molecule has 0 radical (unpaired) electrons. The molecule has 5 nitrogen and oxygen atoms in total. The number of benzene rings is 1. The van der Waals surface area contributed by atoms with Gasteiger partial charge in [0.1, 0.15) is 5.75 Å². The number of phenols is 1. The second kappa shape index (κ2) is 5.14. The van der Waals surface area contributed by atoms with Gasteiger partial charge in [0.25, 0.3) is 5.91 Å². The predicted octanol–water partition coefficient (Wildman–Crippen LogP) is 2.25. The van der Waals surface area contributed by atoms with E-state index < -0.39 is 0 Å². The fraction of sp³-hybridized carbons (Fsp3) is 0.286. The van der Waals surface area contributed by atoms with Crippen LogP contribution in [0.25, 0.3) is 0 Å². The first-order valence-electron chi connectivity index (χ1n) is 6.14. The standard InChI is InChI=1S/C14H17N3O2/c1-4-11-12(8-17(3)16-11)15-14(19)10-5-6-13(18)9(2)7-10/h5-8,18H,4H2,1-3H3,(H,15,19). The first kappa shape index (κ1) is 13.1. The molecular formula is C14H17N3O2. The van der Waals surface area contributed by atoms with Crippen molar-refractivity contribution in [2.24, 2.45) is 7.05 Å². The number of amides is 1. The van der Waals surface area contributed by atoms with Crippen molar-refractivity contribution < 1.29 is 9.90 Å². The van der Waals surface area contributed by atoms with Crippen molar-refractivity contribution in [3.63, 3.8) is 0 Å². The van der Waals surface area contributed by atoms with Gasteiger partial charge in [0.2, 0.25) is 0 Å². The lowest BCUT2D eigenvalue weighted by atomic mass is 10.1. The lowest BCUT2D eigenvalue weighted by Gasteiger charge is -2.06. The molecule has 19 heavy (non-hydrogen) atoms. The number of nitrogens with zero attached hydrogens (tertiary/aromatic N) is 2. The van der Waals surface area contributed by atoms with Crippen LogP contribution in [0.2, 0.25) is 0 Å². The highest BCUT2D eigenvalue weighted by molar-refractivity contribution is 6.04. The van der Waals surface area contributed by atoms with Crippen LogP contribution in [0.5, 0.6) is 5.75 Å². The van der Waals surface area contributed by atoms with Crippen molar-refractivity contribution in [3.8, 4) is 5.75 Å². The molecule has 0 saturated heterocycles. The summed E-state index contributed by atoms with van der Waals surface area (Å²) in [6.07, 6.45) is 2.54. The van der Waals surface area contributed by atoms with Gasteiger partial charge in [-0.3, -0.25) is 9.48 Å². The van der Waals surface area contributed by atoms with Crippen LogP contribution in [0, 0.1) is 6.92 Å². The normalized spacial score (nSPS) is 10.5. The number of aromatic hydroxyl groups is 1. The number of rotatable bonds is 3. The summed E-state index contributed by atoms with van der Waals surface area (Å²) in [4.78, 5) is 12.1. The average Bonchev–Trinajstić information content (AvgIpc) is 2.72. The first-order chi connectivity index (χ1) is 9.01. The number of carbonyl (C=O) groups is 1. The quantitative estimate of drug-likeness (QED) is 0.888. The highest BCUT2D eigenvalue weighted by Crippen LogP contribution is 2.19. The minimum Gasteiger partial charge on any atom is -0.508 e. The molecule has 1 aromatic carbocycles. The van der Waals surface area contributed by atoms with Gasteiger partial charge in [0.15, 0.2) is 0 Å². The molecule has 0 bridgehead atoms. The Morgan fingerprint density at radius 1 is 1.47 bits per heavy atom. The molecule has 2 aromatic rings. The maximum absolute atomic E-state index is 12.1. The molecule has 2 rings (SSSR count). The van der Waals surface area contributed by atoms with Crippen molar-refractivity contribution in [3.05, 3.63) is 41.2 Å². The molecule has 0 aliphatic carbocycles. The Morgan fingerprint density at radius 3 is 2.84 bits per heavy atom. The number of nitrogens with one attached hydrogen (secondary N) is 1. The van der Waals surface area contributed by atoms with E-state index in [-0.39, 0.29) is 11.7 Å². The van der Waals surface area contributed by atoms with E-state index in [0.29, 0.717) is 11.1 Å². The summed E-state index contributed by atoms with van der Waals surface area (Å²) < 4.78 is 1.68. The summed E-state index contributed by atoms with van der Waals surface area (Å²) in [5.74, 6) is -0.0158. The van der Waals surface area contributed by atoms with Crippen LogP contribution >= 0.6 is 0 Å². The SMILES string of the molecule is CCc1nn(C)cc1NC(=O)c1ccc(O)c(C)c1. The highest BCUT2D eigenvalue weighted by Gasteiger charge is 2.12. The summed E-state index contributed by atoms with van der Waals surface area (Å²) in [5, 5.41) is 16.6. The van der Waals surface area contributed by atoms with Gasteiger partial charge in [0.05, 0.1) is 11.4 Å². The first-order valence-corrected chi connectivity index (χ1v) is 6.14. The molecule has 1 amide bonds. The second-order valence-electron chi connectivity index (χ2n) is 4.47. The molecule has 0 aliphatic heterocycles. The van der Waals surface area contributed by atoms with E-state index in [2.05, 4.69) is 10.4 Å². The van der Waals surface area contributed by atoms with Crippen molar-refractivity contribution in [1.82, 2.24) is 9.78 Å². The van der Waals surface area contributed by atoms with Crippen molar-refractivity contribution in [2.45, 2.75) is 20.3 Å². The topological polar surface area (TPSA) is 67.2 Å². The van der Waals surface area contributed by atoms with Crippen LogP contribution in [-0.4, -0.2) is 20.8 Å². The molecule has 0 unspecified atom stereocenters. The van der Waals surface area contributed by atoms with E-state index in [1.165, 1.54) is 6.07 Å². The van der Waals surface area contributed by atoms with Crippen molar-refractivity contribution in [2.75, 3.05) is 5.32 Å². The van der Waals surface area contributed by atoms with E-state index >= 15 is 0 Å². The fourth-order valence-corrected chi connectivity index (χ4v) is 1.89. The Kier molecular flexibility index (Phi) is 3.55. The summed E-state index contributed by atoms with van der Waals surface area (Å²) in [5.41, 5.74) is 2.77. The number of hydrogen-bond acceptors (Lipinski definition) is 3. The third kappa shape index (κ3) is 2.76. The van der Waals surface area contributed by atoms with Crippen LogP contribution in [0.1, 0.15) is 28.5 Å². The Bertz CT molecular complexity index is 617. The average molecular weight is 259 g/mol. The highest BCUT2D eigenvalue weighted by atomic mass is 16.3. The Morgan fingerprint density at radius 2 is 2.21 bits per heavy atom. The van der Waals surface area contributed by atoms with Gasteiger partial charge in [-0.2, -0.15) is 5.10 Å². The summed E-state index contributed by atoms with van der Waals surface area (Å²) >= 11 is 0. The number of hydrogen-bond donors (Lipinski definition) is 2. The number of anilines is 1. The number of carbonyl (C=O) groups excluding carboxylic acids is 1. The third-order valence-corrected chi connectivity index (χ3v) is 2.95. The van der Waals surface area contributed by atoms with Crippen LogP contribution < -0.4 is 5.32 Å². The maximum Gasteiger partial charge on any atom is 0.255 e. The van der Waals surface area contributed by atoms with E-state index in [1.807, 2.05) is 14.0 Å². The van der Waals surface area contributed by atoms with Gasteiger partial charge < -0.3 is 10.4 Å². The minimum absolute atomic E-state index is 0.187. The second-order valence-corrected chi connectivity index (χ2v) is 4.47. The Balaban J connectivity index is 2.22. The van der Waals surface area contributed by atoms with Crippen molar-refractivity contribution >= 4 is 11.6 Å². The third-order valence-electron chi connectivity index (χ3n) is 2.95. The van der Waals surface area contributed by atoms with E-state index in [4.69, 9.17) is 0 Å². The van der Waals surface area contributed by atoms with Crippen LogP contribution in [0.3, 0.4) is 0 Å². The van der Waals surface area contributed by atoms with Gasteiger partial charge in [-0.15, -0.1) is 0 Å². The van der Waals surface area contributed by atoms with Gasteiger partial charge in [0, 0.05) is 18.8 Å². The molecule has 0 saturated carbocycles. The molecule has 0 spiro atoms. The molecule has 1 aromatic heterocycles. The zero-order valence-corrected chi connectivity index (χ0v) is 11.3. The molecule has 0 aliphatic rings. The fourth-order valence-electron chi connectivity index (χ4n) is 1.89. The van der Waals surface area contributed by atoms with Crippen LogP contribution in [0.4, 0.5) is 5.69 Å². The van der Waals surface area contributed by atoms with Gasteiger partial charge in [-0.25, -0.2) is 0 Å². The minimum atomic E-state index is -0.203. The van der Waals surface area contributed by atoms with Gasteiger partial charge in [-0.05, 0) is 37.1 Å². The lowest BCUT2D eigenvalue weighted by molar-refractivity contribution is 0.102. The predicted molar refractivity (Wildman–Crippen MR) is 73.4 cm³/mol. The number of phenolic OH excluding ortho intramolecular Hbond substituents is 1. The number of aromatic nitrogens is 2. The van der Waals surface area contributed by atoms with Crippen molar-refractivity contribution in [1.29, 1.82) is 0 Å². The van der Waals surface area contributed by atoms with E-state index in [9.17, 15) is 9.90 Å². The van der Waals surface area contributed by atoms with E-state index in [1.54, 1.807) is 29.9 Å². The van der Waals surface area contributed by atoms with Crippen LogP contribution in [-0.2, 0) is 13.5 Å². The molecule has 100 valence electrons. The Hall–Kier alpha value is -2.30. The van der Waals surface area contributed by atoms with Gasteiger partial charge in [-0.1, -0.05) is 6.92 Å². The zero-order valence-electron chi connectivity index (χ0n) is 11.3. The molecular weight excluding hydrogens is 242 g/mol. The largest absolute Gasteiger partial charge is 0.508 e. The lowest BCUT2D eigenvalue weighted by Crippen LogP contribution is -2.12. The zero-order chi connectivity index (χ0) is 14.0. The smallest absolute Gasteiger partial charge is 0.255 e. The maximum atomic E-state index is 12.1. The van der Waals surface area contributed by atoms with Crippen LogP contribution in [0.15, 0.2) is 24.4 Å². The monoisotopic (exact) mass is 259 g/mol. The molecule has 5 heteroatoms. The van der Waals surface area contributed by atoms with Gasteiger partial charge >= 0.3 is 0 Å². The molecule has 0 atom stereocenters.